The van der Waals surface area contributed by atoms with Gasteiger partial charge in [0.25, 0.3) is 0 Å². The Bertz CT molecular complexity index is 524. The van der Waals surface area contributed by atoms with Gasteiger partial charge in [0.05, 0.1) is 6.10 Å². The van der Waals surface area contributed by atoms with Gasteiger partial charge in [-0.1, -0.05) is 31.0 Å². The van der Waals surface area contributed by atoms with Gasteiger partial charge in [-0.25, -0.2) is 0 Å². The summed E-state index contributed by atoms with van der Waals surface area (Å²) < 4.78 is 0. The molecular formula is C20H32N2O2. The molecule has 0 spiro atoms. The van der Waals surface area contributed by atoms with E-state index in [1.165, 1.54) is 6.42 Å². The summed E-state index contributed by atoms with van der Waals surface area (Å²) in [5.74, 6) is 0.477. The molecule has 134 valence electrons. The van der Waals surface area contributed by atoms with Crippen LogP contribution < -0.4 is 5.32 Å². The fourth-order valence-corrected chi connectivity index (χ4v) is 3.62. The highest BCUT2D eigenvalue weighted by atomic mass is 16.3. The first-order chi connectivity index (χ1) is 11.5. The van der Waals surface area contributed by atoms with E-state index < -0.39 is 0 Å². The summed E-state index contributed by atoms with van der Waals surface area (Å²) in [4.78, 5) is 14.4. The third kappa shape index (κ3) is 5.60. The van der Waals surface area contributed by atoms with Crippen LogP contribution in [0.2, 0.25) is 0 Å². The minimum absolute atomic E-state index is 0.0819. The molecular weight excluding hydrogens is 300 g/mol. The van der Waals surface area contributed by atoms with Gasteiger partial charge in [0.1, 0.15) is 0 Å². The average Bonchev–Trinajstić information content (AvgIpc) is 2.53. The number of anilines is 1. The first-order valence-electron chi connectivity index (χ1n) is 9.20. The van der Waals surface area contributed by atoms with Crippen molar-refractivity contribution >= 4 is 11.6 Å². The lowest BCUT2D eigenvalue weighted by Crippen LogP contribution is -2.35. The van der Waals surface area contributed by atoms with Gasteiger partial charge in [0.2, 0.25) is 5.91 Å². The SMILES string of the molecule is Cc1cccc(C)c1NC(=O)CCCN(C)CC1CCCCC1O. The molecule has 2 rings (SSSR count). The Morgan fingerprint density at radius 2 is 1.92 bits per heavy atom. The number of amides is 1. The molecule has 2 unspecified atom stereocenters. The number of nitrogens with zero attached hydrogens (tertiary/aromatic N) is 1. The van der Waals surface area contributed by atoms with E-state index in [2.05, 4.69) is 17.3 Å². The number of hydrogen-bond donors (Lipinski definition) is 2. The first-order valence-corrected chi connectivity index (χ1v) is 9.20. The molecule has 24 heavy (non-hydrogen) atoms. The Balaban J connectivity index is 1.70. The molecule has 1 aromatic rings. The van der Waals surface area contributed by atoms with Gasteiger partial charge in [0, 0.05) is 18.7 Å². The third-order valence-electron chi connectivity index (χ3n) is 5.10. The van der Waals surface area contributed by atoms with Gasteiger partial charge in [-0.3, -0.25) is 4.79 Å². The third-order valence-corrected chi connectivity index (χ3v) is 5.10. The Morgan fingerprint density at radius 3 is 2.58 bits per heavy atom. The van der Waals surface area contributed by atoms with E-state index in [1.54, 1.807) is 0 Å². The molecule has 0 heterocycles. The van der Waals surface area contributed by atoms with Gasteiger partial charge in [0.15, 0.2) is 0 Å². The number of benzene rings is 1. The number of carbonyl (C=O) groups is 1. The fraction of sp³-hybridized carbons (Fsp3) is 0.650. The van der Waals surface area contributed by atoms with Crippen LogP contribution in [0, 0.1) is 19.8 Å². The smallest absolute Gasteiger partial charge is 0.224 e. The fourth-order valence-electron chi connectivity index (χ4n) is 3.62. The van der Waals surface area contributed by atoms with Crippen LogP contribution in [0.15, 0.2) is 18.2 Å². The largest absolute Gasteiger partial charge is 0.393 e. The summed E-state index contributed by atoms with van der Waals surface area (Å²) in [6.07, 6.45) is 5.68. The highest BCUT2D eigenvalue weighted by Gasteiger charge is 2.23. The van der Waals surface area contributed by atoms with Gasteiger partial charge in [-0.05, 0) is 63.7 Å². The maximum absolute atomic E-state index is 12.2. The maximum Gasteiger partial charge on any atom is 0.224 e. The highest BCUT2D eigenvalue weighted by molar-refractivity contribution is 5.92. The number of rotatable bonds is 7. The van der Waals surface area contributed by atoms with Gasteiger partial charge >= 0.3 is 0 Å². The first kappa shape index (κ1) is 18.9. The molecule has 1 aromatic carbocycles. The number of nitrogens with one attached hydrogen (secondary N) is 1. The van der Waals surface area contributed by atoms with Crippen LogP contribution in [0.5, 0.6) is 0 Å². The van der Waals surface area contributed by atoms with Crippen LogP contribution in [0.3, 0.4) is 0 Å². The predicted molar refractivity (Wildman–Crippen MR) is 99.2 cm³/mol. The van der Waals surface area contributed by atoms with Crippen LogP contribution >= 0.6 is 0 Å². The highest BCUT2D eigenvalue weighted by Crippen LogP contribution is 2.25. The average molecular weight is 332 g/mol. The number of aliphatic hydroxyl groups excluding tert-OH is 1. The van der Waals surface area contributed by atoms with Gasteiger partial charge < -0.3 is 15.3 Å². The molecule has 1 saturated carbocycles. The Labute approximate surface area is 146 Å². The normalized spacial score (nSPS) is 21.0. The maximum atomic E-state index is 12.2. The van der Waals surface area contributed by atoms with Crippen molar-refractivity contribution in [3.63, 3.8) is 0 Å². The standard InChI is InChI=1S/C20H32N2O2/c1-15-8-6-9-16(2)20(15)21-19(24)12-7-13-22(3)14-17-10-4-5-11-18(17)23/h6,8-9,17-18,23H,4-5,7,10-14H2,1-3H3,(H,21,24). The van der Waals surface area contributed by atoms with Gasteiger partial charge in [-0.15, -0.1) is 0 Å². The minimum atomic E-state index is -0.145. The van der Waals surface area contributed by atoms with Crippen molar-refractivity contribution in [1.29, 1.82) is 0 Å². The molecule has 1 amide bonds. The summed E-state index contributed by atoms with van der Waals surface area (Å²) in [5, 5.41) is 13.1. The molecule has 4 nitrogen and oxygen atoms in total. The topological polar surface area (TPSA) is 52.6 Å². The van der Waals surface area contributed by atoms with Crippen LogP contribution in [0.1, 0.15) is 49.7 Å². The van der Waals surface area contributed by atoms with Crippen molar-refractivity contribution in [2.24, 2.45) is 5.92 Å². The predicted octanol–water partition coefficient (Wildman–Crippen LogP) is 3.51. The molecule has 0 radical (unpaired) electrons. The molecule has 0 aromatic heterocycles. The van der Waals surface area contributed by atoms with Crippen molar-refractivity contribution < 1.29 is 9.90 Å². The molecule has 0 saturated heterocycles. The molecule has 1 aliphatic carbocycles. The van der Waals surface area contributed by atoms with E-state index in [-0.39, 0.29) is 12.0 Å². The van der Waals surface area contributed by atoms with E-state index in [1.807, 2.05) is 32.0 Å². The van der Waals surface area contributed by atoms with Crippen molar-refractivity contribution in [3.05, 3.63) is 29.3 Å². The molecule has 2 atom stereocenters. The van der Waals surface area contributed by atoms with E-state index in [9.17, 15) is 9.90 Å². The van der Waals surface area contributed by atoms with E-state index in [0.29, 0.717) is 12.3 Å². The van der Waals surface area contributed by atoms with Crippen molar-refractivity contribution in [1.82, 2.24) is 4.90 Å². The molecule has 2 N–H and O–H groups in total. The second kappa shape index (κ2) is 9.19. The lowest BCUT2D eigenvalue weighted by atomic mass is 9.86. The summed E-state index contributed by atoms with van der Waals surface area (Å²) in [6.45, 7) is 5.86. The van der Waals surface area contributed by atoms with Gasteiger partial charge in [-0.2, -0.15) is 0 Å². The second-order valence-electron chi connectivity index (χ2n) is 7.29. The van der Waals surface area contributed by atoms with Crippen LogP contribution in [-0.2, 0) is 4.79 Å². The van der Waals surface area contributed by atoms with Crippen molar-refractivity contribution in [3.8, 4) is 0 Å². The molecule has 4 heteroatoms. The van der Waals surface area contributed by atoms with Crippen LogP contribution in [0.4, 0.5) is 5.69 Å². The number of aryl methyl sites for hydroxylation is 2. The summed E-state index contributed by atoms with van der Waals surface area (Å²) in [6, 6.07) is 6.05. The number of carbonyl (C=O) groups excluding carboxylic acids is 1. The van der Waals surface area contributed by atoms with Crippen molar-refractivity contribution in [2.45, 2.75) is 58.5 Å². The number of para-hydroxylation sites is 1. The molecule has 0 bridgehead atoms. The van der Waals surface area contributed by atoms with Crippen LogP contribution in [-0.4, -0.2) is 42.2 Å². The number of hydrogen-bond acceptors (Lipinski definition) is 3. The second-order valence-corrected chi connectivity index (χ2v) is 7.29. The zero-order valence-corrected chi connectivity index (χ0v) is 15.3. The molecule has 1 aliphatic rings. The molecule has 0 aliphatic heterocycles. The Kier molecular flexibility index (Phi) is 7.25. The minimum Gasteiger partial charge on any atom is -0.393 e. The summed E-state index contributed by atoms with van der Waals surface area (Å²) in [5.41, 5.74) is 3.15. The summed E-state index contributed by atoms with van der Waals surface area (Å²) >= 11 is 0. The lowest BCUT2D eigenvalue weighted by molar-refractivity contribution is -0.116. The summed E-state index contributed by atoms with van der Waals surface area (Å²) in [7, 11) is 2.09. The monoisotopic (exact) mass is 332 g/mol. The van der Waals surface area contributed by atoms with E-state index >= 15 is 0 Å². The van der Waals surface area contributed by atoms with E-state index in [0.717, 1.165) is 55.6 Å². The quantitative estimate of drug-likeness (QED) is 0.803. The van der Waals surface area contributed by atoms with Crippen LogP contribution in [0.25, 0.3) is 0 Å². The van der Waals surface area contributed by atoms with E-state index in [4.69, 9.17) is 0 Å². The Morgan fingerprint density at radius 1 is 1.25 bits per heavy atom. The zero-order valence-electron chi connectivity index (χ0n) is 15.3. The van der Waals surface area contributed by atoms with Crippen molar-refractivity contribution in [2.75, 3.05) is 25.5 Å². The zero-order chi connectivity index (χ0) is 17.5. The Hall–Kier alpha value is -1.39. The molecule has 1 fully saturated rings. The number of aliphatic hydroxyl groups is 1. The lowest BCUT2D eigenvalue weighted by Gasteiger charge is -2.31.